The molecule has 1 heterocycles. The molecule has 2 amide bonds. The van der Waals surface area contributed by atoms with E-state index >= 15 is 0 Å². The average Bonchev–Trinajstić information content (AvgIpc) is 2.43. The molecule has 0 spiro atoms. The maximum atomic E-state index is 11.8. The molecule has 7 heteroatoms. The van der Waals surface area contributed by atoms with E-state index in [-0.39, 0.29) is 24.5 Å². The smallest absolute Gasteiger partial charge is 0.410 e. The quantitative estimate of drug-likeness (QED) is 0.882. The van der Waals surface area contributed by atoms with Gasteiger partial charge < -0.3 is 19.7 Å². The molecule has 0 radical (unpaired) electrons. The highest BCUT2D eigenvalue weighted by atomic mass is 35.5. The zero-order valence-corrected chi connectivity index (χ0v) is 14.9. The second-order valence-corrected chi connectivity index (χ2v) is 7.23. The number of benzene rings is 1. The van der Waals surface area contributed by atoms with Gasteiger partial charge in [-0.3, -0.25) is 4.79 Å². The Bertz CT molecular complexity index is 577. The fourth-order valence-corrected chi connectivity index (χ4v) is 2.29. The first kappa shape index (κ1) is 18.4. The van der Waals surface area contributed by atoms with Crippen molar-refractivity contribution in [2.75, 3.05) is 26.2 Å². The molecule has 1 aliphatic rings. The highest BCUT2D eigenvalue weighted by Gasteiger charge is 2.33. The van der Waals surface area contributed by atoms with Crippen LogP contribution in [0.2, 0.25) is 5.02 Å². The van der Waals surface area contributed by atoms with E-state index < -0.39 is 5.60 Å². The highest BCUT2D eigenvalue weighted by Crippen LogP contribution is 2.19. The van der Waals surface area contributed by atoms with Crippen LogP contribution in [0.4, 0.5) is 4.79 Å². The van der Waals surface area contributed by atoms with Gasteiger partial charge in [-0.05, 0) is 45.0 Å². The van der Waals surface area contributed by atoms with Gasteiger partial charge in [0.05, 0.1) is 0 Å². The number of rotatable bonds is 5. The van der Waals surface area contributed by atoms with E-state index in [4.69, 9.17) is 21.1 Å². The Kier molecular flexibility index (Phi) is 5.94. The Morgan fingerprint density at radius 2 is 1.88 bits per heavy atom. The number of likely N-dealkylation sites (tertiary alicyclic amines) is 1. The standard InChI is InChI=1S/C17H23ClN2O4/c1-17(2,3)24-16(22)20-9-12(10-20)8-19-15(21)11-23-14-6-4-13(18)5-7-14/h4-7,12H,8-11H2,1-3H3,(H,19,21). The van der Waals surface area contributed by atoms with E-state index in [0.717, 1.165) is 0 Å². The van der Waals surface area contributed by atoms with Crippen molar-refractivity contribution in [3.8, 4) is 5.75 Å². The van der Waals surface area contributed by atoms with Gasteiger partial charge in [0.15, 0.2) is 6.61 Å². The third kappa shape index (κ3) is 5.92. The molecule has 6 nitrogen and oxygen atoms in total. The molecule has 0 unspecified atom stereocenters. The van der Waals surface area contributed by atoms with Gasteiger partial charge in [0.2, 0.25) is 0 Å². The lowest BCUT2D eigenvalue weighted by molar-refractivity contribution is -0.123. The van der Waals surface area contributed by atoms with Gasteiger partial charge in [0.1, 0.15) is 11.4 Å². The predicted molar refractivity (Wildman–Crippen MR) is 91.3 cm³/mol. The largest absolute Gasteiger partial charge is 0.484 e. The van der Waals surface area contributed by atoms with Crippen LogP contribution >= 0.6 is 11.6 Å². The van der Waals surface area contributed by atoms with Crippen molar-refractivity contribution in [2.24, 2.45) is 5.92 Å². The number of carbonyl (C=O) groups is 2. The number of ether oxygens (including phenoxy) is 2. The monoisotopic (exact) mass is 354 g/mol. The van der Waals surface area contributed by atoms with Crippen LogP contribution in [0.15, 0.2) is 24.3 Å². The maximum absolute atomic E-state index is 11.8. The van der Waals surface area contributed by atoms with E-state index in [9.17, 15) is 9.59 Å². The van der Waals surface area contributed by atoms with Gasteiger partial charge in [-0.15, -0.1) is 0 Å². The summed E-state index contributed by atoms with van der Waals surface area (Å²) in [5.41, 5.74) is -0.491. The van der Waals surface area contributed by atoms with Crippen molar-refractivity contribution in [3.05, 3.63) is 29.3 Å². The van der Waals surface area contributed by atoms with Crippen molar-refractivity contribution in [3.63, 3.8) is 0 Å². The van der Waals surface area contributed by atoms with E-state index in [0.29, 0.717) is 30.4 Å². The summed E-state index contributed by atoms with van der Waals surface area (Å²) in [5, 5.41) is 3.42. The molecule has 0 saturated carbocycles. The fourth-order valence-electron chi connectivity index (χ4n) is 2.16. The predicted octanol–water partition coefficient (Wildman–Crippen LogP) is 2.70. The first-order chi connectivity index (χ1) is 11.2. The van der Waals surface area contributed by atoms with Crippen LogP contribution in [0, 0.1) is 5.92 Å². The second kappa shape index (κ2) is 7.75. The van der Waals surface area contributed by atoms with Gasteiger partial charge in [0, 0.05) is 30.6 Å². The SMILES string of the molecule is CC(C)(C)OC(=O)N1CC(CNC(=O)COc2ccc(Cl)cc2)C1. The van der Waals surface area contributed by atoms with Gasteiger partial charge in [-0.25, -0.2) is 4.79 Å². The first-order valence-electron chi connectivity index (χ1n) is 7.86. The fraction of sp³-hybridized carbons (Fsp3) is 0.529. The lowest BCUT2D eigenvalue weighted by Gasteiger charge is -2.39. The molecule has 0 aliphatic carbocycles. The molecule has 1 fully saturated rings. The number of hydrogen-bond donors (Lipinski definition) is 1. The Labute approximate surface area is 147 Å². The molecule has 2 rings (SSSR count). The van der Waals surface area contributed by atoms with E-state index in [2.05, 4.69) is 5.32 Å². The lowest BCUT2D eigenvalue weighted by atomic mass is 10.0. The summed E-state index contributed by atoms with van der Waals surface area (Å²) in [6.45, 7) is 7.15. The summed E-state index contributed by atoms with van der Waals surface area (Å²) < 4.78 is 10.6. The second-order valence-electron chi connectivity index (χ2n) is 6.80. The molecule has 1 aromatic rings. The molecule has 24 heavy (non-hydrogen) atoms. The molecule has 0 atom stereocenters. The summed E-state index contributed by atoms with van der Waals surface area (Å²) in [4.78, 5) is 25.2. The Morgan fingerprint density at radius 3 is 2.46 bits per heavy atom. The summed E-state index contributed by atoms with van der Waals surface area (Å²) in [6, 6.07) is 6.82. The highest BCUT2D eigenvalue weighted by molar-refractivity contribution is 6.30. The van der Waals surface area contributed by atoms with E-state index in [1.807, 2.05) is 20.8 Å². The number of nitrogens with zero attached hydrogens (tertiary/aromatic N) is 1. The van der Waals surface area contributed by atoms with Crippen molar-refractivity contribution in [1.29, 1.82) is 0 Å². The molecule has 0 aromatic heterocycles. The Balaban J connectivity index is 1.60. The van der Waals surface area contributed by atoms with Gasteiger partial charge in [-0.1, -0.05) is 11.6 Å². The number of amides is 2. The zero-order valence-electron chi connectivity index (χ0n) is 14.2. The van der Waals surface area contributed by atoms with Crippen molar-refractivity contribution >= 4 is 23.6 Å². The minimum absolute atomic E-state index is 0.0515. The molecular weight excluding hydrogens is 332 g/mol. The zero-order chi connectivity index (χ0) is 17.7. The van der Waals surface area contributed by atoms with Gasteiger partial charge >= 0.3 is 6.09 Å². The lowest BCUT2D eigenvalue weighted by Crippen LogP contribution is -2.55. The van der Waals surface area contributed by atoms with Gasteiger partial charge in [0.25, 0.3) is 5.91 Å². The van der Waals surface area contributed by atoms with Crippen molar-refractivity contribution in [1.82, 2.24) is 10.2 Å². The van der Waals surface area contributed by atoms with Gasteiger partial charge in [-0.2, -0.15) is 0 Å². The molecule has 1 aliphatic heterocycles. The topological polar surface area (TPSA) is 67.9 Å². The molecule has 0 bridgehead atoms. The summed E-state index contributed by atoms with van der Waals surface area (Å²) in [6.07, 6.45) is -0.309. The number of hydrogen-bond acceptors (Lipinski definition) is 4. The van der Waals surface area contributed by atoms with Crippen LogP contribution in [-0.4, -0.2) is 48.7 Å². The van der Waals surface area contributed by atoms with Crippen molar-refractivity contribution in [2.45, 2.75) is 26.4 Å². The van der Waals surface area contributed by atoms with E-state index in [1.54, 1.807) is 29.2 Å². The maximum Gasteiger partial charge on any atom is 0.410 e. The molecular formula is C17H23ClN2O4. The Morgan fingerprint density at radius 1 is 1.25 bits per heavy atom. The molecule has 1 N–H and O–H groups in total. The third-order valence-corrected chi connectivity index (χ3v) is 3.63. The summed E-state index contributed by atoms with van der Waals surface area (Å²) >= 11 is 5.78. The first-order valence-corrected chi connectivity index (χ1v) is 8.24. The summed E-state index contributed by atoms with van der Waals surface area (Å²) in [5.74, 6) is 0.645. The van der Waals surface area contributed by atoms with Crippen LogP contribution in [0.25, 0.3) is 0 Å². The average molecular weight is 355 g/mol. The van der Waals surface area contributed by atoms with Crippen LogP contribution in [-0.2, 0) is 9.53 Å². The summed E-state index contributed by atoms with van der Waals surface area (Å²) in [7, 11) is 0. The van der Waals surface area contributed by atoms with Crippen LogP contribution in [0.1, 0.15) is 20.8 Å². The van der Waals surface area contributed by atoms with Crippen LogP contribution in [0.5, 0.6) is 5.75 Å². The minimum Gasteiger partial charge on any atom is -0.484 e. The van der Waals surface area contributed by atoms with E-state index in [1.165, 1.54) is 0 Å². The minimum atomic E-state index is -0.491. The molecule has 1 aromatic carbocycles. The third-order valence-electron chi connectivity index (χ3n) is 3.38. The molecule has 1 saturated heterocycles. The number of carbonyl (C=O) groups excluding carboxylic acids is 2. The van der Waals surface area contributed by atoms with Crippen molar-refractivity contribution < 1.29 is 19.1 Å². The number of halogens is 1. The normalized spacial score (nSPS) is 14.8. The molecule has 132 valence electrons. The number of nitrogens with one attached hydrogen (secondary N) is 1. The Hall–Kier alpha value is -1.95. The van der Waals surface area contributed by atoms with Crippen LogP contribution in [0.3, 0.4) is 0 Å². The van der Waals surface area contributed by atoms with Crippen LogP contribution < -0.4 is 10.1 Å².